The van der Waals surface area contributed by atoms with E-state index >= 15 is 4.79 Å². The molecule has 2 saturated carbocycles. The van der Waals surface area contributed by atoms with E-state index in [2.05, 4.69) is 5.32 Å². The van der Waals surface area contributed by atoms with Crippen molar-refractivity contribution in [3.05, 3.63) is 94.6 Å². The van der Waals surface area contributed by atoms with Crippen LogP contribution in [0.5, 0.6) is 0 Å². The second kappa shape index (κ2) is 15.7. The number of aliphatic hydroxyl groups is 4. The molecule has 3 aliphatic heterocycles. The van der Waals surface area contributed by atoms with Crippen LogP contribution in [-0.4, -0.2) is 104 Å². The minimum Gasteiger partial charge on any atom is -0.456 e. The summed E-state index contributed by atoms with van der Waals surface area (Å²) in [4.78, 5) is 69.7. The van der Waals surface area contributed by atoms with Crippen LogP contribution in [0.25, 0.3) is 0 Å². The van der Waals surface area contributed by atoms with Crippen molar-refractivity contribution in [2.24, 2.45) is 16.7 Å². The largest absolute Gasteiger partial charge is 0.456 e. The predicted molar refractivity (Wildman–Crippen MR) is 209 cm³/mol. The number of nitrogens with one attached hydrogen (secondary N) is 1. The van der Waals surface area contributed by atoms with Crippen LogP contribution in [0.15, 0.2) is 77.9 Å². The van der Waals surface area contributed by atoms with Gasteiger partial charge in [0.05, 0.1) is 35.6 Å². The third-order valence-electron chi connectivity index (χ3n) is 13.7. The number of aliphatic hydroxyl groups excluding tert-OH is 3. The van der Waals surface area contributed by atoms with Gasteiger partial charge in [-0.2, -0.15) is 0 Å². The molecule has 2 aromatic rings. The SMILES string of the molecule is CC(=O)OC12COC1CC(O)C1(C)C(=O)C(O)C3=C(C)C4CC(O)(C(OC(=O)c5ccc(cc5)C/C=C\CCCC(=O)NC(c5ccccc5)C(O)C(=O)O4)C21)C3(C)C. The number of carbonyl (C=O) groups excluding carboxylic acids is 5. The highest BCUT2D eigenvalue weighted by atomic mass is 16.6. The first-order valence-electron chi connectivity index (χ1n) is 20.2. The van der Waals surface area contributed by atoms with E-state index in [0.717, 1.165) is 5.56 Å². The summed E-state index contributed by atoms with van der Waals surface area (Å²) in [7, 11) is 0. The van der Waals surface area contributed by atoms with E-state index in [-0.39, 0.29) is 36.2 Å². The van der Waals surface area contributed by atoms with Crippen LogP contribution in [-0.2, 0) is 44.5 Å². The molecule has 6 aliphatic rings. The number of hydrogen-bond acceptors (Lipinski definition) is 13. The molecule has 1 amide bonds. The first-order chi connectivity index (χ1) is 27.9. The van der Waals surface area contributed by atoms with Crippen molar-refractivity contribution < 1.29 is 63.3 Å². The summed E-state index contributed by atoms with van der Waals surface area (Å²) in [5.74, 6) is -5.64. The van der Waals surface area contributed by atoms with Gasteiger partial charge in [-0.1, -0.05) is 68.5 Å². The number of carbonyl (C=O) groups is 5. The van der Waals surface area contributed by atoms with Crippen LogP contribution in [0.4, 0.5) is 0 Å². The fourth-order valence-corrected chi connectivity index (χ4v) is 10.3. The van der Waals surface area contributed by atoms with Crippen molar-refractivity contribution in [1.82, 2.24) is 5.32 Å². The zero-order valence-corrected chi connectivity index (χ0v) is 33.9. The van der Waals surface area contributed by atoms with Crippen molar-refractivity contribution in [2.75, 3.05) is 6.61 Å². The molecule has 11 unspecified atom stereocenters. The summed E-state index contributed by atoms with van der Waals surface area (Å²) in [6.45, 7) is 6.97. The van der Waals surface area contributed by atoms with Crippen molar-refractivity contribution in [1.29, 1.82) is 0 Å². The number of ketones is 1. The Morgan fingerprint density at radius 3 is 2.27 bits per heavy atom. The fraction of sp³-hybridized carbons (Fsp3) is 0.533. The summed E-state index contributed by atoms with van der Waals surface area (Å²) in [5, 5.41) is 52.1. The molecule has 14 nitrogen and oxygen atoms in total. The fourth-order valence-electron chi connectivity index (χ4n) is 10.3. The number of esters is 3. The normalized spacial score (nSPS) is 38.1. The molecule has 0 aromatic heterocycles. The third kappa shape index (κ3) is 7.02. The highest BCUT2D eigenvalue weighted by Crippen LogP contribution is 2.64. The molecule has 5 N–H and O–H groups in total. The Labute approximate surface area is 342 Å². The number of rotatable bonds is 2. The van der Waals surface area contributed by atoms with Gasteiger partial charge in [-0.05, 0) is 67.5 Å². The molecule has 0 radical (unpaired) electrons. The van der Waals surface area contributed by atoms with E-state index < -0.39 is 107 Å². The summed E-state index contributed by atoms with van der Waals surface area (Å²) < 4.78 is 24.3. The Hall–Kier alpha value is -4.73. The lowest BCUT2D eigenvalue weighted by Crippen LogP contribution is -2.81. The Balaban J connectivity index is 1.42. The molecule has 59 heavy (non-hydrogen) atoms. The average molecular weight is 816 g/mol. The zero-order chi connectivity index (χ0) is 42.7. The predicted octanol–water partition coefficient (Wildman–Crippen LogP) is 3.13. The summed E-state index contributed by atoms with van der Waals surface area (Å²) in [6, 6.07) is 13.8. The Kier molecular flexibility index (Phi) is 11.3. The third-order valence-corrected chi connectivity index (χ3v) is 13.7. The van der Waals surface area contributed by atoms with Gasteiger partial charge in [-0.25, -0.2) is 9.59 Å². The maximum absolute atomic E-state index is 15.0. The van der Waals surface area contributed by atoms with Crippen molar-refractivity contribution >= 4 is 29.6 Å². The maximum Gasteiger partial charge on any atom is 0.338 e. The van der Waals surface area contributed by atoms with E-state index in [1.807, 2.05) is 12.2 Å². The number of ether oxygens (including phenoxy) is 4. The van der Waals surface area contributed by atoms with Gasteiger partial charge >= 0.3 is 17.9 Å². The van der Waals surface area contributed by atoms with E-state index in [1.165, 1.54) is 20.8 Å². The van der Waals surface area contributed by atoms with Gasteiger partial charge in [0.15, 0.2) is 17.5 Å². The number of benzene rings is 2. The minimum absolute atomic E-state index is 0.0373. The summed E-state index contributed by atoms with van der Waals surface area (Å²) in [6.07, 6.45) is -4.76. The first-order valence-corrected chi connectivity index (χ1v) is 20.2. The number of fused-ring (bicyclic) bond motifs is 17. The molecule has 3 heterocycles. The highest BCUT2D eigenvalue weighted by Gasteiger charge is 2.78. The van der Waals surface area contributed by atoms with Gasteiger partial charge in [-0.15, -0.1) is 0 Å². The average Bonchev–Trinajstić information content (AvgIpc) is 3.19. The monoisotopic (exact) mass is 815 g/mol. The molecule has 14 heteroatoms. The summed E-state index contributed by atoms with van der Waals surface area (Å²) >= 11 is 0. The van der Waals surface area contributed by atoms with Crippen molar-refractivity contribution in [3.8, 4) is 0 Å². The van der Waals surface area contributed by atoms with E-state index in [0.29, 0.717) is 24.8 Å². The van der Waals surface area contributed by atoms with Gasteiger partial charge < -0.3 is 44.7 Å². The van der Waals surface area contributed by atoms with Crippen LogP contribution >= 0.6 is 0 Å². The zero-order valence-electron chi connectivity index (χ0n) is 33.9. The molecule has 2 aromatic carbocycles. The number of amides is 1. The molecule has 5 bridgehead atoms. The van der Waals surface area contributed by atoms with Crippen LogP contribution in [0.3, 0.4) is 0 Å². The molecule has 1 saturated heterocycles. The van der Waals surface area contributed by atoms with Gasteiger partial charge in [-0.3, -0.25) is 14.4 Å². The van der Waals surface area contributed by atoms with Gasteiger partial charge in [0.2, 0.25) is 5.91 Å². The van der Waals surface area contributed by atoms with Crippen LogP contribution in [0.1, 0.15) is 94.2 Å². The van der Waals surface area contributed by atoms with Crippen LogP contribution < -0.4 is 5.32 Å². The number of hydrogen-bond donors (Lipinski definition) is 5. The Morgan fingerprint density at radius 2 is 1.63 bits per heavy atom. The van der Waals surface area contributed by atoms with Gasteiger partial charge in [0, 0.05) is 31.6 Å². The Morgan fingerprint density at radius 1 is 0.932 bits per heavy atom. The quantitative estimate of drug-likeness (QED) is 0.168. The van der Waals surface area contributed by atoms with Crippen LogP contribution in [0, 0.1) is 16.7 Å². The van der Waals surface area contributed by atoms with Crippen LogP contribution in [0.2, 0.25) is 0 Å². The van der Waals surface area contributed by atoms with Crippen molar-refractivity contribution in [2.45, 2.75) is 127 Å². The van der Waals surface area contributed by atoms with E-state index in [1.54, 1.807) is 68.4 Å². The molecule has 3 fully saturated rings. The summed E-state index contributed by atoms with van der Waals surface area (Å²) in [5.41, 5.74) is -6.13. The lowest BCUT2D eigenvalue weighted by atomic mass is 9.44. The van der Waals surface area contributed by atoms with Crippen molar-refractivity contribution in [3.63, 3.8) is 0 Å². The minimum atomic E-state index is -2.33. The van der Waals surface area contributed by atoms with E-state index in [4.69, 9.17) is 18.9 Å². The Bertz CT molecular complexity index is 2060. The first kappa shape index (κ1) is 42.4. The van der Waals surface area contributed by atoms with Gasteiger partial charge in [0.25, 0.3) is 0 Å². The maximum atomic E-state index is 15.0. The number of Topliss-reactive ketones (excluding diaryl/α,β-unsaturated/α-hetero) is 1. The number of allylic oxidation sites excluding steroid dienone is 2. The molecular weight excluding hydrogens is 762 g/mol. The smallest absolute Gasteiger partial charge is 0.338 e. The molecule has 3 aliphatic carbocycles. The molecule has 8 rings (SSSR count). The second-order valence-electron chi connectivity index (χ2n) is 17.4. The molecule has 0 spiro atoms. The molecule has 11 atom stereocenters. The standard InChI is InChI=1S/C45H53NO13/c1-24-29-22-45(55)39(37-43(5,38(52)35(50)33(24)42(45,3)4)30(48)21-31-44(37,23-56-31)59-25(2)47)58-40(53)28-19-17-26(18-20-28)13-9-6-7-12-16-32(49)46-34(36(51)41(54)57-29)27-14-10-8-11-15-27/h6,8-11,14-15,17-20,29-31,34-37,39,48,50-51,55H,7,12-13,16,21-23H2,1-5H3,(H,46,49)/b9-6-. The lowest BCUT2D eigenvalue weighted by Gasteiger charge is -2.67. The van der Waals surface area contributed by atoms with Gasteiger partial charge in [0.1, 0.15) is 30.0 Å². The highest BCUT2D eigenvalue weighted by molar-refractivity contribution is 5.94. The lowest BCUT2D eigenvalue weighted by molar-refractivity contribution is -0.346. The van der Waals surface area contributed by atoms with E-state index in [9.17, 15) is 39.6 Å². The molecular formula is C45H53NO13. The second-order valence-corrected chi connectivity index (χ2v) is 17.4. The topological polar surface area (TPSA) is 215 Å². The molecule has 316 valence electrons.